The number of ketones is 1. The molecule has 1 heterocycles. The fraction of sp³-hybridized carbons (Fsp3) is 0.444. The van der Waals surface area contributed by atoms with E-state index in [0.29, 0.717) is 17.2 Å². The predicted octanol–water partition coefficient (Wildman–Crippen LogP) is 2.41. The van der Waals surface area contributed by atoms with Crippen molar-refractivity contribution in [1.82, 2.24) is 20.8 Å². The van der Waals surface area contributed by atoms with Crippen LogP contribution in [-0.2, 0) is 0 Å². The zero-order valence-electron chi connectivity index (χ0n) is 15.2. The first-order chi connectivity index (χ1) is 12.5. The summed E-state index contributed by atoms with van der Waals surface area (Å²) in [4.78, 5) is 25.2. The van der Waals surface area contributed by atoms with Crippen molar-refractivity contribution in [2.24, 2.45) is 5.92 Å². The second-order valence-electron chi connectivity index (χ2n) is 6.21. The Morgan fingerprint density at radius 3 is 2.58 bits per heavy atom. The topological polar surface area (TPSA) is 97.1 Å². The molecule has 1 amide bonds. The van der Waals surface area contributed by atoms with Crippen LogP contribution < -0.4 is 10.6 Å². The molecule has 0 unspecified atom stereocenters. The number of amides is 1. The molecule has 0 aliphatic heterocycles. The normalized spacial score (nSPS) is 12.2. The minimum absolute atomic E-state index is 0.0732. The van der Waals surface area contributed by atoms with Gasteiger partial charge in [0.1, 0.15) is 0 Å². The van der Waals surface area contributed by atoms with Crippen molar-refractivity contribution in [3.8, 4) is 0 Å². The van der Waals surface area contributed by atoms with Crippen LogP contribution in [0.15, 0.2) is 40.0 Å². The van der Waals surface area contributed by atoms with Crippen LogP contribution in [0.1, 0.15) is 41.3 Å². The Morgan fingerprint density at radius 2 is 1.92 bits per heavy atom. The van der Waals surface area contributed by atoms with Crippen molar-refractivity contribution < 1.29 is 14.0 Å². The Balaban J connectivity index is 2.08. The second kappa shape index (κ2) is 10.1. The Bertz CT molecular complexity index is 718. The molecule has 140 valence electrons. The van der Waals surface area contributed by atoms with Crippen LogP contribution in [0, 0.1) is 5.92 Å². The van der Waals surface area contributed by atoms with E-state index in [2.05, 4.69) is 20.8 Å². The van der Waals surface area contributed by atoms with Gasteiger partial charge in [-0.15, -0.1) is 10.2 Å². The van der Waals surface area contributed by atoms with E-state index in [-0.39, 0.29) is 23.5 Å². The number of benzene rings is 1. The lowest BCUT2D eigenvalue weighted by Gasteiger charge is -2.18. The van der Waals surface area contributed by atoms with Gasteiger partial charge < -0.3 is 15.1 Å². The molecule has 2 rings (SSSR count). The van der Waals surface area contributed by atoms with Gasteiger partial charge in [-0.3, -0.25) is 9.59 Å². The van der Waals surface area contributed by atoms with E-state index in [0.717, 1.165) is 12.3 Å². The monoisotopic (exact) mass is 376 g/mol. The number of rotatable bonds is 10. The largest absolute Gasteiger partial charge is 0.408 e. The van der Waals surface area contributed by atoms with E-state index in [4.69, 9.17) is 4.42 Å². The molecule has 0 fully saturated rings. The molecule has 0 aliphatic rings. The standard InChI is InChI=1S/C18H24N4O3S/c1-12(2)11-14(20-16(24)13-7-5-4-6-8-13)15(23)17-21-22-18(25-17)26-10-9-19-3/h4-8,12,14,19H,9-11H2,1-3H3,(H,20,24)/t14-/m0/s1. The van der Waals surface area contributed by atoms with Gasteiger partial charge in [-0.25, -0.2) is 0 Å². The molecule has 0 saturated heterocycles. The molecular weight excluding hydrogens is 352 g/mol. The maximum Gasteiger partial charge on any atom is 0.286 e. The SMILES string of the molecule is CNCCSc1nnc(C(=O)[C@H](CC(C)C)NC(=O)c2ccccc2)o1. The first-order valence-electron chi connectivity index (χ1n) is 8.52. The van der Waals surface area contributed by atoms with Gasteiger partial charge in [-0.05, 0) is 31.5 Å². The number of carbonyl (C=O) groups is 2. The van der Waals surface area contributed by atoms with Crippen LogP contribution in [0.3, 0.4) is 0 Å². The van der Waals surface area contributed by atoms with Gasteiger partial charge in [0.25, 0.3) is 17.0 Å². The van der Waals surface area contributed by atoms with Crippen LogP contribution in [-0.4, -0.2) is 47.3 Å². The summed E-state index contributed by atoms with van der Waals surface area (Å²) in [5.74, 6) is 0.235. The highest BCUT2D eigenvalue weighted by atomic mass is 32.2. The highest BCUT2D eigenvalue weighted by Gasteiger charge is 2.28. The van der Waals surface area contributed by atoms with E-state index < -0.39 is 6.04 Å². The molecule has 0 bridgehead atoms. The number of nitrogens with one attached hydrogen (secondary N) is 2. The van der Waals surface area contributed by atoms with Crippen LogP contribution in [0.5, 0.6) is 0 Å². The Morgan fingerprint density at radius 1 is 1.19 bits per heavy atom. The quantitative estimate of drug-likeness (QED) is 0.373. The molecule has 0 spiro atoms. The van der Waals surface area contributed by atoms with E-state index in [9.17, 15) is 9.59 Å². The zero-order valence-corrected chi connectivity index (χ0v) is 16.0. The number of thioether (sulfide) groups is 1. The molecule has 26 heavy (non-hydrogen) atoms. The van der Waals surface area contributed by atoms with E-state index in [1.807, 2.05) is 27.0 Å². The first-order valence-corrected chi connectivity index (χ1v) is 9.50. The molecule has 0 saturated carbocycles. The van der Waals surface area contributed by atoms with Gasteiger partial charge in [0.05, 0.1) is 6.04 Å². The molecule has 1 aromatic carbocycles. The van der Waals surface area contributed by atoms with Crippen LogP contribution in [0.4, 0.5) is 0 Å². The third kappa shape index (κ3) is 5.96. The first kappa shape index (κ1) is 20.1. The molecule has 1 atom stereocenters. The van der Waals surface area contributed by atoms with Gasteiger partial charge >= 0.3 is 0 Å². The summed E-state index contributed by atoms with van der Waals surface area (Å²) in [5.41, 5.74) is 0.503. The Labute approximate surface area is 157 Å². The summed E-state index contributed by atoms with van der Waals surface area (Å²) in [5, 5.41) is 13.9. The summed E-state index contributed by atoms with van der Waals surface area (Å²) in [6.45, 7) is 4.77. The van der Waals surface area contributed by atoms with Gasteiger partial charge in [-0.2, -0.15) is 0 Å². The summed E-state index contributed by atoms with van der Waals surface area (Å²) in [6, 6.07) is 8.09. The highest BCUT2D eigenvalue weighted by Crippen LogP contribution is 2.18. The number of nitrogens with zero attached hydrogens (tertiary/aromatic N) is 2. The second-order valence-corrected chi connectivity index (χ2v) is 7.26. The van der Waals surface area contributed by atoms with E-state index in [1.54, 1.807) is 24.3 Å². The molecule has 1 aromatic heterocycles. The lowest BCUT2D eigenvalue weighted by molar-refractivity contribution is 0.0822. The van der Waals surface area contributed by atoms with Crippen molar-refractivity contribution in [2.75, 3.05) is 19.3 Å². The summed E-state index contributed by atoms with van der Waals surface area (Å²) in [7, 11) is 1.86. The minimum Gasteiger partial charge on any atom is -0.408 e. The van der Waals surface area contributed by atoms with Gasteiger partial charge in [0, 0.05) is 17.9 Å². The third-order valence-electron chi connectivity index (χ3n) is 3.56. The lowest BCUT2D eigenvalue weighted by atomic mass is 9.99. The van der Waals surface area contributed by atoms with Crippen molar-refractivity contribution in [2.45, 2.75) is 31.5 Å². The van der Waals surface area contributed by atoms with Crippen molar-refractivity contribution >= 4 is 23.5 Å². The molecule has 7 nitrogen and oxygen atoms in total. The maximum absolute atomic E-state index is 12.8. The molecule has 2 aromatic rings. The highest BCUT2D eigenvalue weighted by molar-refractivity contribution is 7.99. The van der Waals surface area contributed by atoms with E-state index >= 15 is 0 Å². The van der Waals surface area contributed by atoms with Crippen LogP contribution in [0.25, 0.3) is 0 Å². The molecule has 2 N–H and O–H groups in total. The van der Waals surface area contributed by atoms with Crippen molar-refractivity contribution in [3.05, 3.63) is 41.8 Å². The number of hydrogen-bond acceptors (Lipinski definition) is 7. The maximum atomic E-state index is 12.8. The average Bonchev–Trinajstić information content (AvgIpc) is 3.10. The van der Waals surface area contributed by atoms with Crippen LogP contribution >= 0.6 is 11.8 Å². The summed E-state index contributed by atoms with van der Waals surface area (Å²) in [6.07, 6.45) is 0.488. The number of hydrogen-bond donors (Lipinski definition) is 2. The molecular formula is C18H24N4O3S. The Hall–Kier alpha value is -2.19. The van der Waals surface area contributed by atoms with Gasteiger partial charge in [0.2, 0.25) is 5.78 Å². The fourth-order valence-electron chi connectivity index (χ4n) is 2.29. The molecule has 0 aliphatic carbocycles. The van der Waals surface area contributed by atoms with Crippen molar-refractivity contribution in [1.29, 1.82) is 0 Å². The fourth-order valence-corrected chi connectivity index (χ4v) is 3.01. The zero-order chi connectivity index (χ0) is 18.9. The minimum atomic E-state index is -0.710. The smallest absolute Gasteiger partial charge is 0.286 e. The molecule has 0 radical (unpaired) electrons. The van der Waals surface area contributed by atoms with E-state index in [1.165, 1.54) is 11.8 Å². The van der Waals surface area contributed by atoms with Gasteiger partial charge in [0.15, 0.2) is 0 Å². The number of aromatic nitrogens is 2. The predicted molar refractivity (Wildman–Crippen MR) is 100 cm³/mol. The summed E-state index contributed by atoms with van der Waals surface area (Å²) >= 11 is 1.38. The lowest BCUT2D eigenvalue weighted by Crippen LogP contribution is -2.42. The summed E-state index contributed by atoms with van der Waals surface area (Å²) < 4.78 is 5.45. The van der Waals surface area contributed by atoms with Gasteiger partial charge in [-0.1, -0.05) is 43.8 Å². The number of carbonyl (C=O) groups excluding carboxylic acids is 2. The van der Waals surface area contributed by atoms with Crippen LogP contribution in [0.2, 0.25) is 0 Å². The van der Waals surface area contributed by atoms with Crippen molar-refractivity contribution in [3.63, 3.8) is 0 Å². The average molecular weight is 376 g/mol. The third-order valence-corrected chi connectivity index (χ3v) is 4.38. The number of Topliss-reactive ketones (excluding diaryl/α,β-unsaturated/α-hetero) is 1. The Kier molecular flexibility index (Phi) is 7.80. The molecule has 8 heteroatoms.